The summed E-state index contributed by atoms with van der Waals surface area (Å²) in [6.07, 6.45) is 8.49. The van der Waals surface area contributed by atoms with Gasteiger partial charge in [0.05, 0.1) is 11.9 Å². The highest BCUT2D eigenvalue weighted by Crippen LogP contribution is 2.24. The van der Waals surface area contributed by atoms with Gasteiger partial charge in [-0.25, -0.2) is 9.97 Å². The number of fused-ring (bicyclic) bond motifs is 1. The number of carbonyl (C=O) groups excluding carboxylic acids is 1. The molecule has 0 radical (unpaired) electrons. The summed E-state index contributed by atoms with van der Waals surface area (Å²) in [6.45, 7) is 3.76. The zero-order chi connectivity index (χ0) is 21.9. The van der Waals surface area contributed by atoms with Crippen LogP contribution in [0.5, 0.6) is 0 Å². The number of amides is 1. The Hall–Kier alpha value is -3.91. The molecule has 1 aromatic carbocycles. The van der Waals surface area contributed by atoms with Gasteiger partial charge in [0.15, 0.2) is 0 Å². The summed E-state index contributed by atoms with van der Waals surface area (Å²) in [4.78, 5) is 34.7. The van der Waals surface area contributed by atoms with Gasteiger partial charge in [0.1, 0.15) is 11.6 Å². The van der Waals surface area contributed by atoms with Gasteiger partial charge in [0.2, 0.25) is 0 Å². The summed E-state index contributed by atoms with van der Waals surface area (Å²) >= 11 is 0. The Morgan fingerprint density at radius 2 is 1.75 bits per heavy atom. The number of hydrogen-bond donors (Lipinski definition) is 1. The maximum atomic E-state index is 12.9. The van der Waals surface area contributed by atoms with Gasteiger partial charge in [0.25, 0.3) is 5.91 Å². The first-order valence-corrected chi connectivity index (χ1v) is 10.5. The van der Waals surface area contributed by atoms with Crippen molar-refractivity contribution in [1.82, 2.24) is 24.8 Å². The zero-order valence-corrected chi connectivity index (χ0v) is 17.8. The normalized spacial score (nSPS) is 14.5. The molecule has 1 saturated heterocycles. The molecule has 8 heteroatoms. The van der Waals surface area contributed by atoms with Crippen molar-refractivity contribution in [1.29, 1.82) is 0 Å². The van der Waals surface area contributed by atoms with Gasteiger partial charge >= 0.3 is 0 Å². The van der Waals surface area contributed by atoms with E-state index < -0.39 is 0 Å². The van der Waals surface area contributed by atoms with Crippen LogP contribution >= 0.6 is 0 Å². The van der Waals surface area contributed by atoms with E-state index in [4.69, 9.17) is 0 Å². The Bertz CT molecular complexity index is 1250. The highest BCUT2D eigenvalue weighted by molar-refractivity contribution is 6.05. The lowest BCUT2D eigenvalue weighted by atomic mass is 10.1. The first kappa shape index (κ1) is 20.0. The maximum absolute atomic E-state index is 12.9. The van der Waals surface area contributed by atoms with E-state index in [9.17, 15) is 4.79 Å². The van der Waals surface area contributed by atoms with Gasteiger partial charge in [-0.2, -0.15) is 0 Å². The molecule has 1 aliphatic rings. The number of benzene rings is 1. The van der Waals surface area contributed by atoms with E-state index >= 15 is 0 Å². The standard InChI is InChI=1S/C24H23N7O/c1-30-8-10-31(11-9-30)23-14-18(4-5-27-23)24(32)29-22-13-20-12-17(2-3-19(20)15-28-22)21-16-25-6-7-26-21/h2-7,12-16H,8-11H2,1H3,(H,28,29,32). The van der Waals surface area contributed by atoms with Gasteiger partial charge in [0, 0.05) is 67.5 Å². The molecule has 1 aliphatic heterocycles. The summed E-state index contributed by atoms with van der Waals surface area (Å²) in [5.74, 6) is 1.11. The van der Waals surface area contributed by atoms with Crippen molar-refractivity contribution >= 4 is 28.3 Å². The molecule has 0 saturated carbocycles. The van der Waals surface area contributed by atoms with Crippen LogP contribution in [0.3, 0.4) is 0 Å². The average Bonchev–Trinajstić information content (AvgIpc) is 2.84. The predicted octanol–water partition coefficient (Wildman–Crippen LogP) is 3.09. The van der Waals surface area contributed by atoms with Gasteiger partial charge in [-0.15, -0.1) is 0 Å². The molecule has 0 spiro atoms. The van der Waals surface area contributed by atoms with Crippen LogP contribution in [0.1, 0.15) is 10.4 Å². The first-order chi connectivity index (χ1) is 15.7. The minimum Gasteiger partial charge on any atom is -0.354 e. The maximum Gasteiger partial charge on any atom is 0.257 e. The van der Waals surface area contributed by atoms with Crippen molar-refractivity contribution < 1.29 is 4.79 Å². The fraction of sp³-hybridized carbons (Fsp3) is 0.208. The Morgan fingerprint density at radius 3 is 2.56 bits per heavy atom. The minimum atomic E-state index is -0.209. The van der Waals surface area contributed by atoms with Crippen molar-refractivity contribution in [2.75, 3.05) is 43.4 Å². The number of nitrogens with zero attached hydrogens (tertiary/aromatic N) is 6. The summed E-state index contributed by atoms with van der Waals surface area (Å²) in [7, 11) is 2.11. The number of nitrogens with one attached hydrogen (secondary N) is 1. The largest absolute Gasteiger partial charge is 0.354 e. The molecule has 32 heavy (non-hydrogen) atoms. The van der Waals surface area contributed by atoms with E-state index in [1.165, 1.54) is 0 Å². The van der Waals surface area contributed by atoms with Crippen molar-refractivity contribution in [2.24, 2.45) is 0 Å². The Morgan fingerprint density at radius 1 is 0.875 bits per heavy atom. The number of rotatable bonds is 4. The second-order valence-corrected chi connectivity index (χ2v) is 7.87. The number of aromatic nitrogens is 4. The molecule has 5 rings (SSSR count). The Labute approximate surface area is 186 Å². The molecular weight excluding hydrogens is 402 g/mol. The van der Waals surface area contributed by atoms with Crippen LogP contribution in [0.25, 0.3) is 22.0 Å². The highest BCUT2D eigenvalue weighted by Gasteiger charge is 2.17. The van der Waals surface area contributed by atoms with Gasteiger partial charge < -0.3 is 15.1 Å². The molecule has 0 aliphatic carbocycles. The van der Waals surface area contributed by atoms with E-state index in [0.29, 0.717) is 11.4 Å². The predicted molar refractivity (Wildman–Crippen MR) is 125 cm³/mol. The van der Waals surface area contributed by atoms with E-state index in [1.54, 1.807) is 37.1 Å². The summed E-state index contributed by atoms with van der Waals surface area (Å²) < 4.78 is 0. The number of piperazine rings is 1. The Kier molecular flexibility index (Phi) is 5.43. The fourth-order valence-electron chi connectivity index (χ4n) is 3.77. The van der Waals surface area contributed by atoms with Crippen LogP contribution in [0, 0.1) is 0 Å². The van der Waals surface area contributed by atoms with E-state index in [0.717, 1.165) is 54.0 Å². The number of carbonyl (C=O) groups is 1. The van der Waals surface area contributed by atoms with Crippen LogP contribution in [0.15, 0.2) is 67.4 Å². The molecule has 0 atom stereocenters. The van der Waals surface area contributed by atoms with Gasteiger partial charge in [-0.3, -0.25) is 14.8 Å². The quantitative estimate of drug-likeness (QED) is 0.538. The smallest absolute Gasteiger partial charge is 0.257 e. The average molecular weight is 425 g/mol. The van der Waals surface area contributed by atoms with E-state index in [2.05, 4.69) is 42.1 Å². The van der Waals surface area contributed by atoms with Crippen molar-refractivity contribution in [2.45, 2.75) is 0 Å². The molecule has 160 valence electrons. The summed E-state index contributed by atoms with van der Waals surface area (Å²) in [6, 6.07) is 11.4. The molecule has 1 N–H and O–H groups in total. The molecule has 0 unspecified atom stereocenters. The molecule has 4 heterocycles. The molecule has 1 amide bonds. The fourth-order valence-corrected chi connectivity index (χ4v) is 3.77. The number of anilines is 2. The number of hydrogen-bond acceptors (Lipinski definition) is 7. The van der Waals surface area contributed by atoms with Crippen LogP contribution < -0.4 is 10.2 Å². The monoisotopic (exact) mass is 425 g/mol. The topological polar surface area (TPSA) is 87.1 Å². The van der Waals surface area contributed by atoms with Crippen molar-refractivity contribution in [3.8, 4) is 11.3 Å². The lowest BCUT2D eigenvalue weighted by molar-refractivity contribution is 0.102. The zero-order valence-electron chi connectivity index (χ0n) is 17.8. The minimum absolute atomic E-state index is 0.209. The Balaban J connectivity index is 1.36. The van der Waals surface area contributed by atoms with Gasteiger partial charge in [-0.05, 0) is 36.7 Å². The molecule has 4 aromatic rings. The number of pyridine rings is 2. The third-order valence-corrected chi connectivity index (χ3v) is 5.66. The third-order valence-electron chi connectivity index (χ3n) is 5.66. The highest BCUT2D eigenvalue weighted by atomic mass is 16.1. The van der Waals surface area contributed by atoms with Crippen LogP contribution in [0.2, 0.25) is 0 Å². The van der Waals surface area contributed by atoms with Gasteiger partial charge in [-0.1, -0.05) is 12.1 Å². The number of likely N-dealkylation sites (N-methyl/N-ethyl adjacent to an activating group) is 1. The molecule has 3 aromatic heterocycles. The van der Waals surface area contributed by atoms with Crippen LogP contribution in [-0.2, 0) is 0 Å². The molecule has 0 bridgehead atoms. The van der Waals surface area contributed by atoms with Crippen LogP contribution in [0.4, 0.5) is 11.6 Å². The second kappa shape index (κ2) is 8.68. The van der Waals surface area contributed by atoms with Crippen LogP contribution in [-0.4, -0.2) is 64.0 Å². The summed E-state index contributed by atoms with van der Waals surface area (Å²) in [5, 5.41) is 4.86. The summed E-state index contributed by atoms with van der Waals surface area (Å²) in [5.41, 5.74) is 2.31. The lowest BCUT2D eigenvalue weighted by Gasteiger charge is -2.33. The van der Waals surface area contributed by atoms with Crippen molar-refractivity contribution in [3.63, 3.8) is 0 Å². The molecule has 8 nitrogen and oxygen atoms in total. The van der Waals surface area contributed by atoms with Crippen molar-refractivity contribution in [3.05, 3.63) is 72.9 Å². The second-order valence-electron chi connectivity index (χ2n) is 7.87. The SMILES string of the molecule is CN1CCN(c2cc(C(=O)Nc3cc4cc(-c5cnccn5)ccc4cn3)ccn2)CC1. The van der Waals surface area contributed by atoms with E-state index in [1.807, 2.05) is 30.3 Å². The third kappa shape index (κ3) is 4.26. The first-order valence-electron chi connectivity index (χ1n) is 10.5. The van der Waals surface area contributed by atoms with E-state index in [-0.39, 0.29) is 5.91 Å². The molecular formula is C24H23N7O. The molecule has 1 fully saturated rings. The lowest BCUT2D eigenvalue weighted by Crippen LogP contribution is -2.44.